The van der Waals surface area contributed by atoms with Crippen molar-refractivity contribution >= 4 is 66.6 Å². The molecule has 3 aromatic heterocycles. The molecule has 0 bridgehead atoms. The Morgan fingerprint density at radius 2 is 0.909 bits per heavy atom. The van der Waals surface area contributed by atoms with E-state index >= 15 is 0 Å². The van der Waals surface area contributed by atoms with E-state index in [1.165, 1.54) is 0 Å². The van der Waals surface area contributed by atoms with Crippen molar-refractivity contribution in [2.45, 2.75) is 0 Å². The van der Waals surface area contributed by atoms with Crippen molar-refractivity contribution < 1.29 is 8.83 Å². The van der Waals surface area contributed by atoms with E-state index in [-0.39, 0.29) is 0 Å². The van der Waals surface area contributed by atoms with Gasteiger partial charge in [-0.2, -0.15) is 0 Å². The molecule has 0 atom stereocenters. The van der Waals surface area contributed by atoms with Gasteiger partial charge in [0.2, 0.25) is 0 Å². The maximum Gasteiger partial charge on any atom is 0.144 e. The molecule has 0 saturated carbocycles. The summed E-state index contributed by atoms with van der Waals surface area (Å²) in [7, 11) is 0. The Bertz CT molecular complexity index is 1720. The number of nitrogens with two attached hydrogens (primary N) is 2. The highest BCUT2D eigenvalue weighted by Crippen LogP contribution is 2.50. The molecule has 7 rings (SSSR count). The van der Waals surface area contributed by atoms with Gasteiger partial charge in [0.05, 0.1) is 21.1 Å². The van der Waals surface area contributed by atoms with Crippen LogP contribution >= 0.6 is 11.3 Å². The molecule has 0 aliphatic carbocycles. The van der Waals surface area contributed by atoms with Crippen molar-refractivity contribution in [3.05, 3.63) is 84.9 Å². The van der Waals surface area contributed by atoms with Crippen molar-refractivity contribution in [2.24, 2.45) is 0 Å². The highest BCUT2D eigenvalue weighted by molar-refractivity contribution is 7.20. The molecule has 158 valence electrons. The van der Waals surface area contributed by atoms with Crippen LogP contribution in [0.25, 0.3) is 64.8 Å². The Morgan fingerprint density at radius 3 is 1.39 bits per heavy atom. The predicted octanol–water partition coefficient (Wildman–Crippen LogP) is 8.05. The summed E-state index contributed by atoms with van der Waals surface area (Å²) in [5, 5.41) is 4.31. The SMILES string of the molecule is Nc1c(-c2cccc3c2oc2ccccc23)sc(-c2cccc3c2oc2ccccc23)c1N. The first kappa shape index (κ1) is 18.4. The minimum atomic E-state index is 0.566. The van der Waals surface area contributed by atoms with Crippen molar-refractivity contribution in [3.63, 3.8) is 0 Å². The van der Waals surface area contributed by atoms with E-state index in [1.807, 2.05) is 60.7 Å². The fourth-order valence-corrected chi connectivity index (χ4v) is 5.89. The summed E-state index contributed by atoms with van der Waals surface area (Å²) in [5.74, 6) is 0. The number of thiophene rings is 1. The van der Waals surface area contributed by atoms with Crippen LogP contribution in [0.2, 0.25) is 0 Å². The van der Waals surface area contributed by atoms with Crippen LogP contribution in [0.3, 0.4) is 0 Å². The fraction of sp³-hybridized carbons (Fsp3) is 0. The number of hydrogen-bond acceptors (Lipinski definition) is 5. The molecule has 4 aromatic carbocycles. The van der Waals surface area contributed by atoms with E-state index in [0.717, 1.165) is 64.8 Å². The lowest BCUT2D eigenvalue weighted by atomic mass is 10.1. The molecule has 0 fully saturated rings. The summed E-state index contributed by atoms with van der Waals surface area (Å²) in [5.41, 5.74) is 19.6. The van der Waals surface area contributed by atoms with E-state index in [0.29, 0.717) is 11.4 Å². The van der Waals surface area contributed by atoms with Crippen LogP contribution in [0.5, 0.6) is 0 Å². The Hall–Kier alpha value is -4.22. The van der Waals surface area contributed by atoms with E-state index in [9.17, 15) is 0 Å². The second-order valence-corrected chi connectivity index (χ2v) is 9.17. The smallest absolute Gasteiger partial charge is 0.144 e. The van der Waals surface area contributed by atoms with Crippen molar-refractivity contribution in [2.75, 3.05) is 11.5 Å². The largest absolute Gasteiger partial charge is 0.455 e. The zero-order valence-corrected chi connectivity index (χ0v) is 18.3. The fourth-order valence-electron chi connectivity index (χ4n) is 4.71. The van der Waals surface area contributed by atoms with Gasteiger partial charge in [0.15, 0.2) is 0 Å². The van der Waals surface area contributed by atoms with Gasteiger partial charge in [-0.25, -0.2) is 0 Å². The average molecular weight is 447 g/mol. The third kappa shape index (κ3) is 2.51. The average Bonchev–Trinajstić information content (AvgIpc) is 3.51. The topological polar surface area (TPSA) is 78.3 Å². The van der Waals surface area contributed by atoms with Crippen molar-refractivity contribution in [1.82, 2.24) is 0 Å². The number of furan rings is 2. The summed E-state index contributed by atoms with van der Waals surface area (Å²) in [6.07, 6.45) is 0. The molecule has 0 saturated heterocycles. The first-order valence-electron chi connectivity index (χ1n) is 10.7. The van der Waals surface area contributed by atoms with Crippen molar-refractivity contribution in [3.8, 4) is 20.9 Å². The normalized spacial score (nSPS) is 11.9. The van der Waals surface area contributed by atoms with Gasteiger partial charge in [-0.15, -0.1) is 11.3 Å². The number of benzene rings is 4. The molecule has 7 aromatic rings. The standard InChI is InChI=1S/C28H18N2O2S/c29-23-24(30)28(20-12-6-10-18-16-8-2-4-14-22(16)32-26(18)20)33-27(23)19-11-5-9-17-15-7-1-3-13-21(15)31-25(17)19/h1-14H,29-30H2. The van der Waals surface area contributed by atoms with Gasteiger partial charge >= 0.3 is 0 Å². The molecule has 0 aliphatic rings. The summed E-state index contributed by atoms with van der Waals surface area (Å²) in [6, 6.07) is 28.4. The minimum Gasteiger partial charge on any atom is -0.455 e. The van der Waals surface area contributed by atoms with Crippen LogP contribution in [0.1, 0.15) is 0 Å². The van der Waals surface area contributed by atoms with Gasteiger partial charge in [-0.3, -0.25) is 0 Å². The third-order valence-corrected chi connectivity index (χ3v) is 7.57. The number of nitrogen functional groups attached to an aromatic ring is 2. The quantitative estimate of drug-likeness (QED) is 0.282. The Morgan fingerprint density at radius 1 is 0.485 bits per heavy atom. The van der Waals surface area contributed by atoms with Gasteiger partial charge in [-0.1, -0.05) is 60.7 Å². The minimum absolute atomic E-state index is 0.566. The van der Waals surface area contributed by atoms with Crippen LogP contribution in [-0.2, 0) is 0 Å². The molecule has 0 amide bonds. The van der Waals surface area contributed by atoms with Gasteiger partial charge in [-0.05, 0) is 24.3 Å². The molecule has 3 heterocycles. The van der Waals surface area contributed by atoms with Crippen LogP contribution in [0.4, 0.5) is 11.4 Å². The third-order valence-electron chi connectivity index (χ3n) is 6.28. The number of fused-ring (bicyclic) bond motifs is 6. The second-order valence-electron chi connectivity index (χ2n) is 8.15. The molecule has 0 spiro atoms. The van der Waals surface area contributed by atoms with E-state index < -0.39 is 0 Å². The van der Waals surface area contributed by atoms with E-state index in [4.69, 9.17) is 20.3 Å². The molecule has 33 heavy (non-hydrogen) atoms. The molecule has 0 aliphatic heterocycles. The molecular formula is C28H18N2O2S. The zero-order chi connectivity index (χ0) is 22.1. The van der Waals surface area contributed by atoms with Gasteiger partial charge in [0.25, 0.3) is 0 Å². The summed E-state index contributed by atoms with van der Waals surface area (Å²) < 4.78 is 12.5. The van der Waals surface area contributed by atoms with Crippen LogP contribution in [0, 0.1) is 0 Å². The Labute approximate surface area is 192 Å². The highest BCUT2D eigenvalue weighted by atomic mass is 32.1. The summed E-state index contributed by atoms with van der Waals surface area (Å²) in [4.78, 5) is 1.81. The van der Waals surface area contributed by atoms with Gasteiger partial charge in [0, 0.05) is 32.7 Å². The van der Waals surface area contributed by atoms with Gasteiger partial charge in [0.1, 0.15) is 22.3 Å². The lowest BCUT2D eigenvalue weighted by Crippen LogP contribution is -1.93. The number of anilines is 2. The van der Waals surface area contributed by atoms with Gasteiger partial charge < -0.3 is 20.3 Å². The Balaban J connectivity index is 1.49. The molecule has 4 N–H and O–H groups in total. The summed E-state index contributed by atoms with van der Waals surface area (Å²) in [6.45, 7) is 0. The maximum atomic E-state index is 6.59. The van der Waals surface area contributed by atoms with E-state index in [1.54, 1.807) is 11.3 Å². The predicted molar refractivity (Wildman–Crippen MR) is 139 cm³/mol. The first-order valence-corrected chi connectivity index (χ1v) is 11.5. The Kier molecular flexibility index (Phi) is 3.69. The van der Waals surface area contributed by atoms with Crippen LogP contribution in [0.15, 0.2) is 93.8 Å². The molecule has 4 nitrogen and oxygen atoms in total. The summed E-state index contributed by atoms with van der Waals surface area (Å²) >= 11 is 1.57. The van der Waals surface area contributed by atoms with Crippen LogP contribution in [-0.4, -0.2) is 0 Å². The lowest BCUT2D eigenvalue weighted by Gasteiger charge is -2.01. The monoisotopic (exact) mass is 446 g/mol. The first-order chi connectivity index (χ1) is 16.2. The molecule has 0 radical (unpaired) electrons. The van der Waals surface area contributed by atoms with E-state index in [2.05, 4.69) is 24.3 Å². The van der Waals surface area contributed by atoms with Crippen LogP contribution < -0.4 is 11.5 Å². The van der Waals surface area contributed by atoms with Crippen molar-refractivity contribution in [1.29, 1.82) is 0 Å². The second kappa shape index (κ2) is 6.64. The number of rotatable bonds is 2. The number of hydrogen-bond donors (Lipinski definition) is 2. The molecule has 0 unspecified atom stereocenters. The highest BCUT2D eigenvalue weighted by Gasteiger charge is 2.22. The molecular weight excluding hydrogens is 428 g/mol. The molecule has 5 heteroatoms. The number of para-hydroxylation sites is 4. The lowest BCUT2D eigenvalue weighted by molar-refractivity contribution is 0.670. The zero-order valence-electron chi connectivity index (χ0n) is 17.5. The maximum absolute atomic E-state index is 6.59.